The molecule has 2 aliphatic carbocycles. The summed E-state index contributed by atoms with van der Waals surface area (Å²) in [7, 11) is 0. The lowest BCUT2D eigenvalue weighted by Gasteiger charge is -2.38. The van der Waals surface area contributed by atoms with E-state index in [0.717, 1.165) is 12.5 Å². The molecule has 1 saturated heterocycles. The Morgan fingerprint density at radius 1 is 1.00 bits per heavy atom. The maximum atomic E-state index is 9.98. The zero-order valence-electron chi connectivity index (χ0n) is 11.5. The van der Waals surface area contributed by atoms with Gasteiger partial charge in [-0.05, 0) is 57.5 Å². The summed E-state index contributed by atoms with van der Waals surface area (Å²) in [6.07, 6.45) is 10.7. The molecule has 1 heterocycles. The predicted octanol–water partition coefficient (Wildman–Crippen LogP) is 1.76. The summed E-state index contributed by atoms with van der Waals surface area (Å²) in [5, 5.41) is 13.8. The first kappa shape index (κ1) is 12.9. The van der Waals surface area contributed by atoms with Crippen molar-refractivity contribution in [3.05, 3.63) is 0 Å². The van der Waals surface area contributed by atoms with Crippen LogP contribution >= 0.6 is 0 Å². The second-order valence-corrected chi connectivity index (χ2v) is 6.70. The first-order valence-corrected chi connectivity index (χ1v) is 7.93. The topological polar surface area (TPSA) is 35.5 Å². The van der Waals surface area contributed by atoms with Gasteiger partial charge in [0.25, 0.3) is 0 Å². The molecule has 0 aromatic rings. The molecule has 104 valence electrons. The van der Waals surface area contributed by atoms with Gasteiger partial charge in [0.15, 0.2) is 0 Å². The second kappa shape index (κ2) is 5.48. The van der Waals surface area contributed by atoms with Crippen molar-refractivity contribution in [2.24, 2.45) is 5.92 Å². The van der Waals surface area contributed by atoms with Crippen LogP contribution < -0.4 is 5.32 Å². The van der Waals surface area contributed by atoms with Crippen LogP contribution in [0.25, 0.3) is 0 Å². The molecule has 3 nitrogen and oxygen atoms in total. The number of nitrogens with one attached hydrogen (secondary N) is 1. The van der Waals surface area contributed by atoms with Crippen LogP contribution in [0.15, 0.2) is 0 Å². The third kappa shape index (κ3) is 3.06. The lowest BCUT2D eigenvalue weighted by Crippen LogP contribution is -2.58. The third-order valence-corrected chi connectivity index (χ3v) is 4.91. The Hall–Kier alpha value is -0.120. The van der Waals surface area contributed by atoms with E-state index in [9.17, 15) is 5.11 Å². The lowest BCUT2D eigenvalue weighted by atomic mass is 9.92. The highest BCUT2D eigenvalue weighted by atomic mass is 16.3. The molecule has 3 aliphatic rings. The standard InChI is InChI=1S/C15H28N2O/c18-12-15(13-5-6-13,16-14-7-8-14)11-17-9-3-1-2-4-10-17/h13-14,16,18H,1-12H2. The van der Waals surface area contributed by atoms with Crippen LogP contribution in [0.1, 0.15) is 51.4 Å². The van der Waals surface area contributed by atoms with Gasteiger partial charge in [-0.15, -0.1) is 0 Å². The van der Waals surface area contributed by atoms with Crippen LogP contribution in [0.3, 0.4) is 0 Å². The predicted molar refractivity (Wildman–Crippen MR) is 73.6 cm³/mol. The van der Waals surface area contributed by atoms with Gasteiger partial charge in [0, 0.05) is 12.6 Å². The lowest BCUT2D eigenvalue weighted by molar-refractivity contribution is 0.0900. The molecule has 1 atom stereocenters. The SMILES string of the molecule is OCC(CN1CCCCCC1)(NC1CC1)C1CC1. The fourth-order valence-electron chi connectivity index (χ4n) is 3.48. The molecule has 2 N–H and O–H groups in total. The van der Waals surface area contributed by atoms with Gasteiger partial charge in [0.1, 0.15) is 0 Å². The van der Waals surface area contributed by atoms with Gasteiger partial charge in [-0.25, -0.2) is 0 Å². The first-order chi connectivity index (χ1) is 8.82. The monoisotopic (exact) mass is 252 g/mol. The maximum absolute atomic E-state index is 9.98. The molecule has 3 heteroatoms. The molecule has 0 amide bonds. The molecular weight excluding hydrogens is 224 g/mol. The van der Waals surface area contributed by atoms with Crippen molar-refractivity contribution in [2.45, 2.75) is 62.9 Å². The normalized spacial score (nSPS) is 29.8. The second-order valence-electron chi connectivity index (χ2n) is 6.70. The van der Waals surface area contributed by atoms with Crippen LogP contribution in [0.5, 0.6) is 0 Å². The number of hydrogen-bond donors (Lipinski definition) is 2. The smallest absolute Gasteiger partial charge is 0.0628 e. The molecule has 3 fully saturated rings. The summed E-state index contributed by atoms with van der Waals surface area (Å²) in [6.45, 7) is 3.87. The summed E-state index contributed by atoms with van der Waals surface area (Å²) < 4.78 is 0. The third-order valence-electron chi connectivity index (χ3n) is 4.91. The minimum Gasteiger partial charge on any atom is -0.394 e. The van der Waals surface area contributed by atoms with Gasteiger partial charge in [-0.1, -0.05) is 12.8 Å². The van der Waals surface area contributed by atoms with Crippen LogP contribution in [0.4, 0.5) is 0 Å². The van der Waals surface area contributed by atoms with E-state index in [1.54, 1.807) is 0 Å². The van der Waals surface area contributed by atoms with Crippen LogP contribution in [0, 0.1) is 5.92 Å². The molecule has 0 radical (unpaired) electrons. The fraction of sp³-hybridized carbons (Fsp3) is 1.00. The highest BCUT2D eigenvalue weighted by Gasteiger charge is 2.48. The van der Waals surface area contributed by atoms with E-state index in [4.69, 9.17) is 0 Å². The van der Waals surface area contributed by atoms with E-state index in [2.05, 4.69) is 10.2 Å². The highest BCUT2D eigenvalue weighted by Crippen LogP contribution is 2.42. The molecule has 0 bridgehead atoms. The van der Waals surface area contributed by atoms with E-state index in [0.29, 0.717) is 12.6 Å². The molecule has 3 rings (SSSR count). The van der Waals surface area contributed by atoms with Crippen molar-refractivity contribution in [3.63, 3.8) is 0 Å². The van der Waals surface area contributed by atoms with Gasteiger partial charge in [-0.3, -0.25) is 0 Å². The summed E-state index contributed by atoms with van der Waals surface area (Å²) in [5.74, 6) is 0.728. The van der Waals surface area contributed by atoms with Gasteiger partial charge >= 0.3 is 0 Å². The number of aliphatic hydroxyl groups excluding tert-OH is 1. The Labute approximate surface area is 111 Å². The molecule has 0 aromatic heterocycles. The van der Waals surface area contributed by atoms with Gasteiger partial charge < -0.3 is 15.3 Å². The molecule has 2 saturated carbocycles. The van der Waals surface area contributed by atoms with E-state index in [1.165, 1.54) is 64.5 Å². The van der Waals surface area contributed by atoms with E-state index < -0.39 is 0 Å². The average Bonchev–Trinajstić information content (AvgIpc) is 3.21. The quantitative estimate of drug-likeness (QED) is 0.756. The Bertz CT molecular complexity index is 268. The number of likely N-dealkylation sites (tertiary alicyclic amines) is 1. The first-order valence-electron chi connectivity index (χ1n) is 7.93. The Morgan fingerprint density at radius 2 is 1.67 bits per heavy atom. The number of hydrogen-bond acceptors (Lipinski definition) is 3. The van der Waals surface area contributed by atoms with Gasteiger partial charge in [-0.2, -0.15) is 0 Å². The average molecular weight is 252 g/mol. The minimum absolute atomic E-state index is 0.0194. The highest BCUT2D eigenvalue weighted by molar-refractivity contribution is 5.06. The molecule has 1 aliphatic heterocycles. The number of rotatable bonds is 6. The van der Waals surface area contributed by atoms with Crippen LogP contribution in [-0.2, 0) is 0 Å². The minimum atomic E-state index is 0.0194. The summed E-state index contributed by atoms with van der Waals surface area (Å²) in [6, 6.07) is 0.699. The number of aliphatic hydroxyl groups is 1. The van der Waals surface area contributed by atoms with Crippen molar-refractivity contribution in [3.8, 4) is 0 Å². The molecule has 0 aromatic carbocycles. The van der Waals surface area contributed by atoms with Crippen molar-refractivity contribution in [1.82, 2.24) is 10.2 Å². The molecular formula is C15H28N2O. The summed E-state index contributed by atoms with van der Waals surface area (Å²) >= 11 is 0. The zero-order valence-corrected chi connectivity index (χ0v) is 11.5. The van der Waals surface area contributed by atoms with Gasteiger partial charge in [0.2, 0.25) is 0 Å². The fourth-order valence-corrected chi connectivity index (χ4v) is 3.48. The van der Waals surface area contributed by atoms with E-state index >= 15 is 0 Å². The van der Waals surface area contributed by atoms with Crippen molar-refractivity contribution >= 4 is 0 Å². The summed E-state index contributed by atoms with van der Waals surface area (Å²) in [5.41, 5.74) is 0.0194. The molecule has 1 unspecified atom stereocenters. The zero-order chi connectivity index (χ0) is 12.4. The largest absolute Gasteiger partial charge is 0.394 e. The van der Waals surface area contributed by atoms with Crippen molar-refractivity contribution in [1.29, 1.82) is 0 Å². The van der Waals surface area contributed by atoms with Crippen LogP contribution in [0.2, 0.25) is 0 Å². The van der Waals surface area contributed by atoms with Gasteiger partial charge in [0.05, 0.1) is 12.1 Å². The molecule has 0 spiro atoms. The van der Waals surface area contributed by atoms with Crippen LogP contribution in [-0.4, -0.2) is 47.8 Å². The summed E-state index contributed by atoms with van der Waals surface area (Å²) in [4.78, 5) is 2.61. The van der Waals surface area contributed by atoms with Crippen molar-refractivity contribution in [2.75, 3.05) is 26.2 Å². The van der Waals surface area contributed by atoms with E-state index in [1.807, 2.05) is 0 Å². The molecule has 18 heavy (non-hydrogen) atoms. The van der Waals surface area contributed by atoms with E-state index in [-0.39, 0.29) is 5.54 Å². The van der Waals surface area contributed by atoms with Crippen molar-refractivity contribution < 1.29 is 5.11 Å². The maximum Gasteiger partial charge on any atom is 0.0628 e. The Kier molecular flexibility index (Phi) is 3.92. The Morgan fingerprint density at radius 3 is 2.17 bits per heavy atom. The Balaban J connectivity index is 1.63. The number of nitrogens with zero attached hydrogens (tertiary/aromatic N) is 1.